The number of carbonyl (C=O) groups excluding carboxylic acids is 2. The fraction of sp³-hybridized carbons (Fsp3) is 0.929. The molecular formula is C28H52O7S. The molecule has 0 saturated carbocycles. The van der Waals surface area contributed by atoms with E-state index >= 15 is 0 Å². The minimum atomic E-state index is -4.98. The van der Waals surface area contributed by atoms with Gasteiger partial charge in [-0.3, -0.25) is 14.1 Å². The molecule has 1 saturated heterocycles. The SMILES string of the molecule is CCCCCCC(CCCC)C1(C(=O)OC)CC(=O)OC1(C(CCCC)CCCCCC)S(=O)(=O)O. The first kappa shape index (κ1) is 32.9. The van der Waals surface area contributed by atoms with E-state index in [0.717, 1.165) is 70.6 Å². The zero-order valence-electron chi connectivity index (χ0n) is 23.5. The van der Waals surface area contributed by atoms with Gasteiger partial charge in [-0.15, -0.1) is 0 Å². The van der Waals surface area contributed by atoms with Crippen molar-refractivity contribution in [3.05, 3.63) is 0 Å². The van der Waals surface area contributed by atoms with E-state index in [9.17, 15) is 22.6 Å². The number of esters is 2. The third-order valence-corrected chi connectivity index (χ3v) is 9.65. The zero-order chi connectivity index (χ0) is 27.2. The van der Waals surface area contributed by atoms with Gasteiger partial charge in [-0.1, -0.05) is 105 Å². The largest absolute Gasteiger partial charge is 0.468 e. The lowest BCUT2D eigenvalue weighted by atomic mass is 9.62. The number of unbranched alkanes of at least 4 members (excludes halogenated alkanes) is 8. The molecule has 1 rings (SSSR count). The quantitative estimate of drug-likeness (QED) is 0.100. The molecule has 0 aromatic heterocycles. The smallest absolute Gasteiger partial charge is 0.318 e. The summed E-state index contributed by atoms with van der Waals surface area (Å²) in [6.45, 7) is 8.28. The lowest BCUT2D eigenvalue weighted by molar-refractivity contribution is -0.172. The monoisotopic (exact) mass is 532 g/mol. The van der Waals surface area contributed by atoms with Crippen LogP contribution in [0.15, 0.2) is 0 Å². The van der Waals surface area contributed by atoms with Gasteiger partial charge in [0.1, 0.15) is 5.41 Å². The predicted octanol–water partition coefficient (Wildman–Crippen LogP) is 7.23. The Kier molecular flexibility index (Phi) is 14.6. The van der Waals surface area contributed by atoms with Crippen molar-refractivity contribution in [3.63, 3.8) is 0 Å². The molecule has 0 aromatic carbocycles. The highest BCUT2D eigenvalue weighted by Crippen LogP contribution is 2.60. The molecule has 1 N–H and O–H groups in total. The molecule has 0 bridgehead atoms. The fourth-order valence-corrected chi connectivity index (χ4v) is 7.92. The number of hydrogen-bond acceptors (Lipinski definition) is 6. The van der Waals surface area contributed by atoms with E-state index in [2.05, 4.69) is 13.8 Å². The molecule has 1 fully saturated rings. The maximum Gasteiger partial charge on any atom is 0.318 e. The summed E-state index contributed by atoms with van der Waals surface area (Å²) in [7, 11) is -3.75. The maximum absolute atomic E-state index is 13.8. The number of cyclic esters (lactones) is 1. The van der Waals surface area contributed by atoms with Crippen LogP contribution in [0.5, 0.6) is 0 Å². The normalized spacial score (nSPS) is 23.9. The summed E-state index contributed by atoms with van der Waals surface area (Å²) in [5, 5.41) is 0. The molecular weight excluding hydrogens is 480 g/mol. The molecule has 0 aliphatic carbocycles. The number of methoxy groups -OCH3 is 1. The molecule has 0 aromatic rings. The van der Waals surface area contributed by atoms with E-state index in [0.29, 0.717) is 32.1 Å². The van der Waals surface area contributed by atoms with E-state index in [4.69, 9.17) is 9.47 Å². The Bertz CT molecular complexity index is 766. The molecule has 0 radical (unpaired) electrons. The van der Waals surface area contributed by atoms with Crippen LogP contribution in [0.4, 0.5) is 0 Å². The lowest BCUT2D eigenvalue weighted by Gasteiger charge is -2.47. The second kappa shape index (κ2) is 16.0. The van der Waals surface area contributed by atoms with Gasteiger partial charge >= 0.3 is 22.1 Å². The van der Waals surface area contributed by atoms with Crippen molar-refractivity contribution in [1.82, 2.24) is 0 Å². The van der Waals surface area contributed by atoms with Crippen molar-refractivity contribution in [1.29, 1.82) is 0 Å². The highest BCUT2D eigenvalue weighted by molar-refractivity contribution is 7.87. The van der Waals surface area contributed by atoms with Crippen molar-refractivity contribution in [2.45, 2.75) is 142 Å². The zero-order valence-corrected chi connectivity index (χ0v) is 24.3. The fourth-order valence-electron chi connectivity index (χ4n) is 6.28. The van der Waals surface area contributed by atoms with Crippen LogP contribution < -0.4 is 0 Å². The van der Waals surface area contributed by atoms with Crippen LogP contribution in [-0.4, -0.2) is 37.0 Å². The number of hydrogen-bond donors (Lipinski definition) is 1. The van der Waals surface area contributed by atoms with Crippen LogP contribution in [0, 0.1) is 17.3 Å². The predicted molar refractivity (Wildman–Crippen MR) is 143 cm³/mol. The van der Waals surface area contributed by atoms with Crippen molar-refractivity contribution >= 4 is 22.1 Å². The minimum absolute atomic E-state index is 0.376. The molecule has 1 aliphatic heterocycles. The Hall–Kier alpha value is -1.15. The Labute approximate surface area is 220 Å². The van der Waals surface area contributed by atoms with E-state index in [-0.39, 0.29) is 6.42 Å². The van der Waals surface area contributed by atoms with Crippen molar-refractivity contribution in [2.24, 2.45) is 17.3 Å². The van der Waals surface area contributed by atoms with Crippen LogP contribution in [-0.2, 0) is 29.2 Å². The summed E-state index contributed by atoms with van der Waals surface area (Å²) >= 11 is 0. The lowest BCUT2D eigenvalue weighted by Crippen LogP contribution is -2.63. The van der Waals surface area contributed by atoms with Gasteiger partial charge < -0.3 is 9.47 Å². The first-order valence-electron chi connectivity index (χ1n) is 14.4. The number of rotatable bonds is 20. The van der Waals surface area contributed by atoms with Crippen molar-refractivity contribution < 1.29 is 32.0 Å². The molecule has 0 amide bonds. The standard InChI is InChI=1S/C28H52O7S/c1-6-10-14-16-20-23(18-12-8-3)27(26(30)34-5)22-25(29)35-28(27,36(31,32)33)24(19-13-9-4)21-17-15-11-7-2/h23-24H,6-22H2,1-5H3,(H,31,32,33). The van der Waals surface area contributed by atoms with E-state index in [1.54, 1.807) is 0 Å². The molecule has 8 heteroatoms. The average molecular weight is 533 g/mol. The summed E-state index contributed by atoms with van der Waals surface area (Å²) in [5.41, 5.74) is -1.77. The summed E-state index contributed by atoms with van der Waals surface area (Å²) in [6.07, 6.45) is 12.4. The van der Waals surface area contributed by atoms with Crippen LogP contribution in [0.25, 0.3) is 0 Å². The molecule has 1 heterocycles. The molecule has 36 heavy (non-hydrogen) atoms. The molecule has 7 nitrogen and oxygen atoms in total. The summed E-state index contributed by atoms with van der Waals surface area (Å²) in [6, 6.07) is 0. The topological polar surface area (TPSA) is 107 Å². The van der Waals surface area contributed by atoms with Crippen molar-refractivity contribution in [2.75, 3.05) is 7.11 Å². The van der Waals surface area contributed by atoms with E-state index in [1.807, 2.05) is 13.8 Å². The third kappa shape index (κ3) is 7.46. The van der Waals surface area contributed by atoms with Gasteiger partial charge in [0.2, 0.25) is 0 Å². The van der Waals surface area contributed by atoms with E-state index in [1.165, 1.54) is 7.11 Å². The molecule has 4 unspecified atom stereocenters. The number of ether oxygens (including phenoxy) is 2. The second-order valence-electron chi connectivity index (χ2n) is 10.6. The summed E-state index contributed by atoms with van der Waals surface area (Å²) in [5.74, 6) is -2.63. The minimum Gasteiger partial charge on any atom is -0.468 e. The van der Waals surface area contributed by atoms with Gasteiger partial charge in [-0.05, 0) is 31.6 Å². The average Bonchev–Trinajstić information content (AvgIpc) is 3.17. The van der Waals surface area contributed by atoms with Crippen LogP contribution in [0.1, 0.15) is 137 Å². The Morgan fingerprint density at radius 1 is 0.833 bits per heavy atom. The Morgan fingerprint density at radius 3 is 1.72 bits per heavy atom. The summed E-state index contributed by atoms with van der Waals surface area (Å²) < 4.78 is 48.9. The van der Waals surface area contributed by atoms with E-state index < -0.39 is 44.2 Å². The molecule has 1 aliphatic rings. The third-order valence-electron chi connectivity index (χ3n) is 8.10. The van der Waals surface area contributed by atoms with Crippen LogP contribution in [0.2, 0.25) is 0 Å². The summed E-state index contributed by atoms with van der Waals surface area (Å²) in [4.78, 5) is 24.5. The van der Waals surface area contributed by atoms with Gasteiger partial charge in [0, 0.05) is 5.92 Å². The Morgan fingerprint density at radius 2 is 1.28 bits per heavy atom. The first-order valence-corrected chi connectivity index (χ1v) is 15.8. The van der Waals surface area contributed by atoms with Crippen LogP contribution >= 0.6 is 0 Å². The van der Waals surface area contributed by atoms with Gasteiger partial charge in [0.15, 0.2) is 0 Å². The van der Waals surface area contributed by atoms with Gasteiger partial charge in [-0.25, -0.2) is 0 Å². The molecule has 0 spiro atoms. The maximum atomic E-state index is 13.8. The molecule has 4 atom stereocenters. The highest BCUT2D eigenvalue weighted by atomic mass is 32.2. The first-order chi connectivity index (χ1) is 17.1. The number of carbonyl (C=O) groups is 2. The Balaban J connectivity index is 3.78. The van der Waals surface area contributed by atoms with Gasteiger partial charge in [0.25, 0.3) is 4.93 Å². The van der Waals surface area contributed by atoms with Gasteiger partial charge in [0.05, 0.1) is 13.5 Å². The highest BCUT2D eigenvalue weighted by Gasteiger charge is 2.76. The van der Waals surface area contributed by atoms with Crippen molar-refractivity contribution in [3.8, 4) is 0 Å². The van der Waals surface area contributed by atoms with Crippen LogP contribution in [0.3, 0.4) is 0 Å². The second-order valence-corrected chi connectivity index (χ2v) is 12.2. The molecule has 212 valence electrons. The van der Waals surface area contributed by atoms with Gasteiger partial charge in [-0.2, -0.15) is 8.42 Å².